The number of rotatable bonds is 3. The van der Waals surface area contributed by atoms with Crippen LogP contribution in [0.25, 0.3) is 5.57 Å². The zero-order valence-corrected chi connectivity index (χ0v) is 8.36. The molecule has 1 aromatic carbocycles. The summed E-state index contributed by atoms with van der Waals surface area (Å²) in [5, 5.41) is 0. The Hall–Kier alpha value is -2.10. The number of amides is 2. The van der Waals surface area contributed by atoms with E-state index in [4.69, 9.17) is 11.5 Å². The van der Waals surface area contributed by atoms with Gasteiger partial charge in [-0.05, 0) is 18.1 Å². The van der Waals surface area contributed by atoms with Crippen LogP contribution in [0.1, 0.15) is 11.1 Å². The zero-order chi connectivity index (χ0) is 11.4. The molecule has 0 saturated heterocycles. The Morgan fingerprint density at radius 2 is 1.80 bits per heavy atom. The van der Waals surface area contributed by atoms with Crippen molar-refractivity contribution in [2.24, 2.45) is 11.5 Å². The van der Waals surface area contributed by atoms with E-state index in [1.54, 1.807) is 12.1 Å². The van der Waals surface area contributed by atoms with Crippen molar-refractivity contribution < 1.29 is 9.59 Å². The van der Waals surface area contributed by atoms with E-state index in [2.05, 4.69) is 0 Å². The topological polar surface area (TPSA) is 86.2 Å². The van der Waals surface area contributed by atoms with Crippen LogP contribution < -0.4 is 11.5 Å². The minimum Gasteiger partial charge on any atom is -0.366 e. The van der Waals surface area contributed by atoms with Gasteiger partial charge in [0.2, 0.25) is 11.8 Å². The van der Waals surface area contributed by atoms with Crippen molar-refractivity contribution in [3.8, 4) is 0 Å². The maximum atomic E-state index is 11.1. The lowest BCUT2D eigenvalue weighted by Gasteiger charge is -2.06. The van der Waals surface area contributed by atoms with Crippen LogP contribution in [-0.4, -0.2) is 11.8 Å². The number of benzene rings is 1. The predicted octanol–water partition coefficient (Wildman–Crippen LogP) is 0.349. The van der Waals surface area contributed by atoms with E-state index < -0.39 is 11.8 Å². The van der Waals surface area contributed by atoms with E-state index in [0.717, 1.165) is 11.6 Å². The van der Waals surface area contributed by atoms with Crippen LogP contribution in [-0.2, 0) is 9.59 Å². The Morgan fingerprint density at radius 1 is 1.20 bits per heavy atom. The van der Waals surface area contributed by atoms with Gasteiger partial charge in [0.25, 0.3) is 0 Å². The Bertz CT molecular complexity index is 436. The summed E-state index contributed by atoms with van der Waals surface area (Å²) in [5.41, 5.74) is 11.8. The Balaban J connectivity index is 3.29. The van der Waals surface area contributed by atoms with Gasteiger partial charge < -0.3 is 11.5 Å². The standard InChI is InChI=1S/C11H12N2O2/c1-7-4-2-3-5-8(7)9(11(13)15)6-10(12)14/h2-6H,1H3,(H2,12,14)(H2,13,15)/b9-6+. The highest BCUT2D eigenvalue weighted by Crippen LogP contribution is 2.17. The number of carbonyl (C=O) groups is 2. The maximum absolute atomic E-state index is 11.1. The van der Waals surface area contributed by atoms with E-state index in [-0.39, 0.29) is 5.57 Å². The number of carbonyl (C=O) groups excluding carboxylic acids is 2. The smallest absolute Gasteiger partial charge is 0.249 e. The quantitative estimate of drug-likeness (QED) is 0.696. The van der Waals surface area contributed by atoms with Gasteiger partial charge in [0.1, 0.15) is 0 Å². The molecular weight excluding hydrogens is 192 g/mol. The summed E-state index contributed by atoms with van der Waals surface area (Å²) in [6, 6.07) is 7.14. The number of hydrogen-bond acceptors (Lipinski definition) is 2. The first-order valence-corrected chi connectivity index (χ1v) is 4.39. The number of nitrogens with two attached hydrogens (primary N) is 2. The van der Waals surface area contributed by atoms with E-state index in [1.165, 1.54) is 0 Å². The first-order chi connectivity index (χ1) is 7.02. The van der Waals surface area contributed by atoms with E-state index in [9.17, 15) is 9.59 Å². The van der Waals surface area contributed by atoms with Gasteiger partial charge in [-0.15, -0.1) is 0 Å². The molecule has 0 fully saturated rings. The second-order valence-electron chi connectivity index (χ2n) is 3.14. The summed E-state index contributed by atoms with van der Waals surface area (Å²) < 4.78 is 0. The second-order valence-corrected chi connectivity index (χ2v) is 3.14. The summed E-state index contributed by atoms with van der Waals surface area (Å²) in [7, 11) is 0. The normalized spacial score (nSPS) is 11.1. The molecule has 78 valence electrons. The molecule has 4 nitrogen and oxygen atoms in total. The molecule has 4 N–H and O–H groups in total. The predicted molar refractivity (Wildman–Crippen MR) is 57.5 cm³/mol. The fraction of sp³-hybridized carbons (Fsp3) is 0.0909. The fourth-order valence-electron chi connectivity index (χ4n) is 1.30. The SMILES string of the molecule is Cc1ccccc1/C(=C\C(N)=O)C(N)=O. The number of aryl methyl sites for hydroxylation is 1. The lowest BCUT2D eigenvalue weighted by molar-refractivity contribution is -0.115. The third kappa shape index (κ3) is 2.67. The van der Waals surface area contributed by atoms with Gasteiger partial charge in [-0.1, -0.05) is 24.3 Å². The van der Waals surface area contributed by atoms with E-state index >= 15 is 0 Å². The van der Waals surface area contributed by atoms with Crippen LogP contribution in [0.15, 0.2) is 30.3 Å². The molecule has 2 amide bonds. The molecule has 0 aliphatic heterocycles. The number of primary amides is 2. The molecule has 0 bridgehead atoms. The average Bonchev–Trinajstić information content (AvgIpc) is 2.15. The molecule has 15 heavy (non-hydrogen) atoms. The van der Waals surface area contributed by atoms with Crippen molar-refractivity contribution in [3.05, 3.63) is 41.5 Å². The molecule has 0 spiro atoms. The highest BCUT2D eigenvalue weighted by molar-refractivity contribution is 6.23. The molecule has 0 atom stereocenters. The van der Waals surface area contributed by atoms with Gasteiger partial charge >= 0.3 is 0 Å². The Morgan fingerprint density at radius 3 is 2.27 bits per heavy atom. The maximum Gasteiger partial charge on any atom is 0.249 e. The van der Waals surface area contributed by atoms with Crippen LogP contribution in [0.3, 0.4) is 0 Å². The highest BCUT2D eigenvalue weighted by Gasteiger charge is 2.11. The van der Waals surface area contributed by atoms with Crippen molar-refractivity contribution in [2.75, 3.05) is 0 Å². The van der Waals surface area contributed by atoms with Crippen LogP contribution in [0.4, 0.5) is 0 Å². The molecule has 1 rings (SSSR count). The average molecular weight is 204 g/mol. The lowest BCUT2D eigenvalue weighted by Crippen LogP contribution is -2.17. The van der Waals surface area contributed by atoms with E-state index in [1.807, 2.05) is 19.1 Å². The molecule has 0 unspecified atom stereocenters. The van der Waals surface area contributed by atoms with Crippen molar-refractivity contribution in [1.29, 1.82) is 0 Å². The van der Waals surface area contributed by atoms with Gasteiger partial charge in [-0.2, -0.15) is 0 Å². The third-order valence-electron chi connectivity index (χ3n) is 1.99. The Labute approximate surface area is 87.6 Å². The summed E-state index contributed by atoms with van der Waals surface area (Å²) in [6.45, 7) is 1.83. The fourth-order valence-corrected chi connectivity index (χ4v) is 1.30. The summed E-state index contributed by atoms with van der Waals surface area (Å²) in [6.07, 6.45) is 1.05. The van der Waals surface area contributed by atoms with Crippen LogP contribution >= 0.6 is 0 Å². The minimum atomic E-state index is -0.688. The first kappa shape index (κ1) is 11.0. The highest BCUT2D eigenvalue weighted by atomic mass is 16.1. The molecule has 1 aromatic rings. The van der Waals surface area contributed by atoms with Crippen molar-refractivity contribution in [2.45, 2.75) is 6.92 Å². The molecule has 0 radical (unpaired) electrons. The molecular formula is C11H12N2O2. The zero-order valence-electron chi connectivity index (χ0n) is 8.36. The van der Waals surface area contributed by atoms with Crippen molar-refractivity contribution >= 4 is 17.4 Å². The minimum absolute atomic E-state index is 0.139. The van der Waals surface area contributed by atoms with Crippen LogP contribution in [0, 0.1) is 6.92 Å². The van der Waals surface area contributed by atoms with Gasteiger partial charge in [0.15, 0.2) is 0 Å². The van der Waals surface area contributed by atoms with Crippen molar-refractivity contribution in [1.82, 2.24) is 0 Å². The van der Waals surface area contributed by atoms with Gasteiger partial charge in [-0.3, -0.25) is 9.59 Å². The summed E-state index contributed by atoms with van der Waals surface area (Å²) in [5.74, 6) is -1.35. The molecule has 4 heteroatoms. The van der Waals surface area contributed by atoms with Gasteiger partial charge in [0, 0.05) is 6.08 Å². The Kier molecular flexibility index (Phi) is 3.23. The summed E-state index contributed by atoms with van der Waals surface area (Å²) >= 11 is 0. The van der Waals surface area contributed by atoms with E-state index in [0.29, 0.717) is 5.56 Å². The molecule has 0 aliphatic rings. The first-order valence-electron chi connectivity index (χ1n) is 4.39. The summed E-state index contributed by atoms with van der Waals surface area (Å²) in [4.78, 5) is 21.9. The largest absolute Gasteiger partial charge is 0.366 e. The van der Waals surface area contributed by atoms with Gasteiger partial charge in [-0.25, -0.2) is 0 Å². The number of hydrogen-bond donors (Lipinski definition) is 2. The molecule has 0 aromatic heterocycles. The van der Waals surface area contributed by atoms with Crippen molar-refractivity contribution in [3.63, 3.8) is 0 Å². The third-order valence-corrected chi connectivity index (χ3v) is 1.99. The lowest BCUT2D eigenvalue weighted by atomic mass is 10.00. The van der Waals surface area contributed by atoms with Gasteiger partial charge in [0.05, 0.1) is 5.57 Å². The van der Waals surface area contributed by atoms with Crippen LogP contribution in [0.5, 0.6) is 0 Å². The van der Waals surface area contributed by atoms with Crippen LogP contribution in [0.2, 0.25) is 0 Å². The monoisotopic (exact) mass is 204 g/mol. The molecule has 0 aliphatic carbocycles. The molecule has 0 saturated carbocycles. The second kappa shape index (κ2) is 4.41. The molecule has 0 heterocycles.